The number of rotatable bonds is 3. The first-order valence-corrected chi connectivity index (χ1v) is 9.65. The Morgan fingerprint density at radius 1 is 1.12 bits per heavy atom. The Hall–Kier alpha value is -1.07. The lowest BCUT2D eigenvalue weighted by atomic mass is 9.79. The molecular weight excluding hydrogens is 300 g/mol. The Morgan fingerprint density at radius 2 is 1.83 bits per heavy atom. The zero-order valence-electron chi connectivity index (χ0n) is 15.5. The molecule has 1 aliphatic carbocycles. The van der Waals surface area contributed by atoms with Crippen molar-refractivity contribution >= 4 is 6.03 Å². The molecule has 2 saturated heterocycles. The zero-order valence-corrected chi connectivity index (χ0v) is 15.5. The molecule has 0 bridgehead atoms. The molecule has 1 N–H and O–H groups in total. The molecule has 1 atom stereocenters. The van der Waals surface area contributed by atoms with Crippen LogP contribution in [0.15, 0.2) is 12.2 Å². The maximum Gasteiger partial charge on any atom is 0.317 e. The molecule has 3 aliphatic rings. The van der Waals surface area contributed by atoms with Gasteiger partial charge in [0.15, 0.2) is 0 Å². The number of urea groups is 1. The summed E-state index contributed by atoms with van der Waals surface area (Å²) in [6.07, 6.45) is 9.81. The number of piperazine rings is 1. The number of carbonyl (C=O) groups is 1. The fourth-order valence-electron chi connectivity index (χ4n) is 4.14. The first-order valence-electron chi connectivity index (χ1n) is 9.65. The standard InChI is InChI=1S/C19H34N4O/c1-19(16-22-14-12-21(2)13-15-22)8-10-23(11-9-19)18(24)20-17-6-4-3-5-7-17/h3-4,17H,5-16H2,1-2H3,(H,20,24). The van der Waals surface area contributed by atoms with E-state index in [9.17, 15) is 4.79 Å². The van der Waals surface area contributed by atoms with Gasteiger partial charge < -0.3 is 20.0 Å². The van der Waals surface area contributed by atoms with E-state index in [4.69, 9.17) is 0 Å². The molecule has 0 aromatic heterocycles. The molecule has 24 heavy (non-hydrogen) atoms. The lowest BCUT2D eigenvalue weighted by Gasteiger charge is -2.44. The van der Waals surface area contributed by atoms with Crippen LogP contribution in [0.1, 0.15) is 39.0 Å². The topological polar surface area (TPSA) is 38.8 Å². The minimum absolute atomic E-state index is 0.150. The molecule has 0 spiro atoms. The quantitative estimate of drug-likeness (QED) is 0.804. The van der Waals surface area contributed by atoms with Crippen LogP contribution in [0.3, 0.4) is 0 Å². The van der Waals surface area contributed by atoms with Crippen molar-refractivity contribution in [2.24, 2.45) is 5.41 Å². The number of allylic oxidation sites excluding steroid dienone is 1. The summed E-state index contributed by atoms with van der Waals surface area (Å²) in [4.78, 5) is 19.5. The van der Waals surface area contributed by atoms with E-state index in [1.165, 1.54) is 32.7 Å². The third kappa shape index (κ3) is 4.73. The normalized spacial score (nSPS) is 28.8. The van der Waals surface area contributed by atoms with Crippen LogP contribution in [0.2, 0.25) is 0 Å². The second kappa shape index (κ2) is 7.87. The Bertz CT molecular complexity index is 448. The van der Waals surface area contributed by atoms with Crippen LogP contribution in [0, 0.1) is 5.41 Å². The van der Waals surface area contributed by atoms with Gasteiger partial charge in [0.1, 0.15) is 0 Å². The molecule has 0 saturated carbocycles. The highest BCUT2D eigenvalue weighted by atomic mass is 16.2. The van der Waals surface area contributed by atoms with Gasteiger partial charge in [-0.05, 0) is 44.6 Å². The largest absolute Gasteiger partial charge is 0.335 e. The molecule has 136 valence electrons. The van der Waals surface area contributed by atoms with Gasteiger partial charge in [-0.15, -0.1) is 0 Å². The number of nitrogens with one attached hydrogen (secondary N) is 1. The molecule has 2 fully saturated rings. The van der Waals surface area contributed by atoms with E-state index in [-0.39, 0.29) is 6.03 Å². The fourth-order valence-corrected chi connectivity index (χ4v) is 4.14. The number of hydrogen-bond donors (Lipinski definition) is 1. The van der Waals surface area contributed by atoms with Crippen molar-refractivity contribution < 1.29 is 4.79 Å². The highest BCUT2D eigenvalue weighted by Crippen LogP contribution is 2.32. The van der Waals surface area contributed by atoms with Crippen molar-refractivity contribution in [3.05, 3.63) is 12.2 Å². The second-order valence-corrected chi connectivity index (χ2v) is 8.31. The summed E-state index contributed by atoms with van der Waals surface area (Å²) < 4.78 is 0. The minimum Gasteiger partial charge on any atom is -0.335 e. The molecule has 0 aromatic carbocycles. The summed E-state index contributed by atoms with van der Waals surface area (Å²) >= 11 is 0. The van der Waals surface area contributed by atoms with Gasteiger partial charge in [0, 0.05) is 51.9 Å². The van der Waals surface area contributed by atoms with Crippen molar-refractivity contribution in [2.45, 2.75) is 45.1 Å². The number of nitrogens with zero attached hydrogens (tertiary/aromatic N) is 3. The molecule has 5 nitrogen and oxygen atoms in total. The smallest absolute Gasteiger partial charge is 0.317 e. The number of likely N-dealkylation sites (N-methyl/N-ethyl adjacent to an activating group) is 1. The SMILES string of the molecule is CN1CCN(CC2(C)CCN(C(=O)NC3CC=CCC3)CC2)CC1. The monoisotopic (exact) mass is 334 g/mol. The highest BCUT2D eigenvalue weighted by molar-refractivity contribution is 5.74. The van der Waals surface area contributed by atoms with E-state index in [2.05, 4.69) is 41.2 Å². The minimum atomic E-state index is 0.150. The molecule has 2 aliphatic heterocycles. The maximum atomic E-state index is 12.5. The van der Waals surface area contributed by atoms with E-state index in [0.717, 1.165) is 45.2 Å². The molecule has 0 aromatic rings. The third-order valence-electron chi connectivity index (χ3n) is 6.06. The van der Waals surface area contributed by atoms with E-state index >= 15 is 0 Å². The summed E-state index contributed by atoms with van der Waals surface area (Å²) in [6, 6.07) is 0.484. The van der Waals surface area contributed by atoms with Crippen LogP contribution in [0.4, 0.5) is 4.79 Å². The van der Waals surface area contributed by atoms with Crippen molar-refractivity contribution in [2.75, 3.05) is 52.9 Å². The first kappa shape index (κ1) is 17.7. The summed E-state index contributed by atoms with van der Waals surface area (Å²) in [5.74, 6) is 0. The maximum absolute atomic E-state index is 12.5. The average Bonchev–Trinajstić information content (AvgIpc) is 2.58. The Balaban J connectivity index is 1.42. The molecule has 2 heterocycles. The number of carbonyl (C=O) groups excluding carboxylic acids is 1. The second-order valence-electron chi connectivity index (χ2n) is 8.31. The van der Waals surface area contributed by atoms with Gasteiger partial charge in [-0.2, -0.15) is 0 Å². The zero-order chi connectivity index (χ0) is 17.0. The van der Waals surface area contributed by atoms with Crippen molar-refractivity contribution in [3.8, 4) is 0 Å². The van der Waals surface area contributed by atoms with E-state index in [0.29, 0.717) is 11.5 Å². The van der Waals surface area contributed by atoms with Crippen molar-refractivity contribution in [1.29, 1.82) is 0 Å². The van der Waals surface area contributed by atoms with E-state index < -0.39 is 0 Å². The molecular formula is C19H34N4O. The lowest BCUT2D eigenvalue weighted by Crippen LogP contribution is -2.53. The predicted molar refractivity (Wildman–Crippen MR) is 98.2 cm³/mol. The highest BCUT2D eigenvalue weighted by Gasteiger charge is 2.34. The molecule has 5 heteroatoms. The van der Waals surface area contributed by atoms with Crippen molar-refractivity contribution in [1.82, 2.24) is 20.0 Å². The number of piperidine rings is 1. The molecule has 3 rings (SSSR count). The van der Waals surface area contributed by atoms with Gasteiger partial charge in [0.25, 0.3) is 0 Å². The van der Waals surface area contributed by atoms with Crippen LogP contribution in [-0.2, 0) is 0 Å². The Labute approximate surface area is 147 Å². The first-order chi connectivity index (χ1) is 11.5. The van der Waals surface area contributed by atoms with Gasteiger partial charge in [-0.1, -0.05) is 19.1 Å². The summed E-state index contributed by atoms with van der Waals surface area (Å²) in [7, 11) is 2.21. The molecule has 0 radical (unpaired) electrons. The van der Waals surface area contributed by atoms with Gasteiger partial charge >= 0.3 is 6.03 Å². The Kier molecular flexibility index (Phi) is 5.82. The number of amides is 2. The predicted octanol–water partition coefficient (Wildman–Crippen LogP) is 2.15. The van der Waals surface area contributed by atoms with E-state index in [1.54, 1.807) is 0 Å². The summed E-state index contributed by atoms with van der Waals surface area (Å²) in [6.45, 7) is 10.1. The number of likely N-dealkylation sites (tertiary alicyclic amines) is 1. The van der Waals surface area contributed by atoms with Crippen LogP contribution in [0.25, 0.3) is 0 Å². The Morgan fingerprint density at radius 3 is 2.46 bits per heavy atom. The molecule has 2 amide bonds. The van der Waals surface area contributed by atoms with Gasteiger partial charge in [-0.3, -0.25) is 0 Å². The van der Waals surface area contributed by atoms with Crippen LogP contribution < -0.4 is 5.32 Å². The lowest BCUT2D eigenvalue weighted by molar-refractivity contribution is 0.0624. The van der Waals surface area contributed by atoms with E-state index in [1.807, 2.05) is 4.90 Å². The van der Waals surface area contributed by atoms with Gasteiger partial charge in [-0.25, -0.2) is 4.79 Å². The van der Waals surface area contributed by atoms with Crippen LogP contribution in [-0.4, -0.2) is 79.6 Å². The number of hydrogen-bond acceptors (Lipinski definition) is 3. The fraction of sp³-hybridized carbons (Fsp3) is 0.842. The van der Waals surface area contributed by atoms with Gasteiger partial charge in [0.05, 0.1) is 0 Å². The van der Waals surface area contributed by atoms with Crippen LogP contribution in [0.5, 0.6) is 0 Å². The third-order valence-corrected chi connectivity index (χ3v) is 6.06. The van der Waals surface area contributed by atoms with Gasteiger partial charge in [0.2, 0.25) is 0 Å². The average molecular weight is 335 g/mol. The van der Waals surface area contributed by atoms with Crippen molar-refractivity contribution in [3.63, 3.8) is 0 Å². The molecule has 1 unspecified atom stereocenters. The summed E-state index contributed by atoms with van der Waals surface area (Å²) in [5.41, 5.74) is 0.361. The summed E-state index contributed by atoms with van der Waals surface area (Å²) in [5, 5.41) is 3.22. The van der Waals surface area contributed by atoms with Crippen LogP contribution >= 0.6 is 0 Å².